The van der Waals surface area contributed by atoms with Crippen LogP contribution in [0.1, 0.15) is 10.5 Å². The van der Waals surface area contributed by atoms with Gasteiger partial charge in [-0.3, -0.25) is 0 Å². The van der Waals surface area contributed by atoms with Crippen LogP contribution in [-0.2, 0) is 0 Å². The summed E-state index contributed by atoms with van der Waals surface area (Å²) in [7, 11) is 0. The summed E-state index contributed by atoms with van der Waals surface area (Å²) < 4.78 is 5.53. The maximum atomic E-state index is 10.8. The highest BCUT2D eigenvalue weighted by Gasteiger charge is 2.10. The quantitative estimate of drug-likeness (QED) is 0.675. The molecule has 1 aromatic carbocycles. The van der Waals surface area contributed by atoms with Crippen molar-refractivity contribution in [3.05, 3.63) is 42.2 Å². The second-order valence-corrected chi connectivity index (χ2v) is 3.47. The topological polar surface area (TPSA) is 63.3 Å². The summed E-state index contributed by atoms with van der Waals surface area (Å²) in [6.07, 6.45) is 1.44. The Morgan fingerprint density at radius 3 is 2.81 bits per heavy atom. The van der Waals surface area contributed by atoms with Crippen molar-refractivity contribution < 1.29 is 14.3 Å². The van der Waals surface area contributed by atoms with E-state index >= 15 is 0 Å². The molecule has 0 aliphatic rings. The largest absolute Gasteiger partial charge is 0.477 e. The van der Waals surface area contributed by atoms with Gasteiger partial charge in [0, 0.05) is 10.8 Å². The summed E-state index contributed by atoms with van der Waals surface area (Å²) in [5.41, 5.74) is 1.37. The molecule has 0 radical (unpaired) electrons. The average Bonchev–Trinajstić information content (AvgIpc) is 2.66. The zero-order valence-electron chi connectivity index (χ0n) is 8.18. The molecule has 4 nitrogen and oxygen atoms in total. The molecular weight excluding hydrogens is 206 g/mol. The standard InChI is InChI=1S/C12H7NO3/c14-12(15)9-5-8-7-3-1-2-4-10(7)16-11(8)6-13-9/h1-6H,(H,14,15). The van der Waals surface area contributed by atoms with Gasteiger partial charge in [-0.15, -0.1) is 0 Å². The van der Waals surface area contributed by atoms with Crippen LogP contribution >= 0.6 is 0 Å². The number of aromatic carboxylic acids is 1. The lowest BCUT2D eigenvalue weighted by Crippen LogP contribution is -1.98. The zero-order chi connectivity index (χ0) is 11.1. The van der Waals surface area contributed by atoms with Crippen molar-refractivity contribution in [2.45, 2.75) is 0 Å². The number of pyridine rings is 1. The van der Waals surface area contributed by atoms with Crippen LogP contribution in [0.25, 0.3) is 21.9 Å². The maximum absolute atomic E-state index is 10.8. The third-order valence-corrected chi connectivity index (χ3v) is 2.48. The van der Waals surface area contributed by atoms with Gasteiger partial charge >= 0.3 is 5.97 Å². The van der Waals surface area contributed by atoms with Gasteiger partial charge < -0.3 is 9.52 Å². The Balaban J connectivity index is 2.44. The van der Waals surface area contributed by atoms with E-state index in [9.17, 15) is 4.79 Å². The first-order valence-electron chi connectivity index (χ1n) is 4.76. The number of aromatic nitrogens is 1. The Kier molecular flexibility index (Phi) is 1.71. The van der Waals surface area contributed by atoms with Crippen molar-refractivity contribution in [1.29, 1.82) is 0 Å². The van der Waals surface area contributed by atoms with Gasteiger partial charge in [-0.25, -0.2) is 9.78 Å². The molecule has 0 bridgehead atoms. The number of furan rings is 1. The van der Waals surface area contributed by atoms with Crippen molar-refractivity contribution in [1.82, 2.24) is 4.98 Å². The molecule has 2 aromatic heterocycles. The van der Waals surface area contributed by atoms with Crippen LogP contribution in [0.15, 0.2) is 40.9 Å². The van der Waals surface area contributed by atoms with Gasteiger partial charge in [0.25, 0.3) is 0 Å². The fourth-order valence-corrected chi connectivity index (χ4v) is 1.75. The van der Waals surface area contributed by atoms with Gasteiger partial charge in [0.1, 0.15) is 11.3 Å². The van der Waals surface area contributed by atoms with Gasteiger partial charge in [-0.2, -0.15) is 0 Å². The first kappa shape index (κ1) is 8.91. The molecule has 16 heavy (non-hydrogen) atoms. The monoisotopic (exact) mass is 213 g/mol. The Bertz CT molecular complexity index is 700. The zero-order valence-corrected chi connectivity index (χ0v) is 8.18. The van der Waals surface area contributed by atoms with E-state index in [1.54, 1.807) is 0 Å². The van der Waals surface area contributed by atoms with Crippen molar-refractivity contribution in [3.63, 3.8) is 0 Å². The van der Waals surface area contributed by atoms with E-state index in [1.165, 1.54) is 12.3 Å². The predicted molar refractivity (Wildman–Crippen MR) is 58.5 cm³/mol. The first-order valence-corrected chi connectivity index (χ1v) is 4.76. The number of nitrogens with zero attached hydrogens (tertiary/aromatic N) is 1. The van der Waals surface area contributed by atoms with E-state index in [1.807, 2.05) is 24.3 Å². The third-order valence-electron chi connectivity index (χ3n) is 2.48. The molecule has 3 rings (SSSR count). The van der Waals surface area contributed by atoms with Crippen molar-refractivity contribution in [3.8, 4) is 0 Å². The number of hydrogen-bond donors (Lipinski definition) is 1. The van der Waals surface area contributed by atoms with E-state index in [4.69, 9.17) is 9.52 Å². The van der Waals surface area contributed by atoms with Gasteiger partial charge in [0.05, 0.1) is 6.20 Å². The molecule has 1 N–H and O–H groups in total. The van der Waals surface area contributed by atoms with Gasteiger partial charge in [0.2, 0.25) is 0 Å². The summed E-state index contributed by atoms with van der Waals surface area (Å²) in [4.78, 5) is 14.6. The molecule has 0 saturated carbocycles. The molecule has 0 atom stereocenters. The lowest BCUT2D eigenvalue weighted by Gasteiger charge is -1.92. The predicted octanol–water partition coefficient (Wildman–Crippen LogP) is 2.68. The molecule has 0 aliphatic heterocycles. The Hall–Kier alpha value is -2.36. The maximum Gasteiger partial charge on any atom is 0.354 e. The number of carboxylic acid groups (broad SMARTS) is 1. The van der Waals surface area contributed by atoms with Crippen LogP contribution in [-0.4, -0.2) is 16.1 Å². The Morgan fingerprint density at radius 1 is 1.19 bits per heavy atom. The number of para-hydroxylation sites is 1. The van der Waals surface area contributed by atoms with E-state index in [-0.39, 0.29) is 5.69 Å². The third kappa shape index (κ3) is 1.16. The molecule has 2 heterocycles. The van der Waals surface area contributed by atoms with Gasteiger partial charge in [0.15, 0.2) is 5.58 Å². The highest BCUT2D eigenvalue weighted by molar-refractivity contribution is 6.06. The van der Waals surface area contributed by atoms with Crippen molar-refractivity contribution in [2.24, 2.45) is 0 Å². The molecular formula is C12H7NO3. The fourth-order valence-electron chi connectivity index (χ4n) is 1.75. The lowest BCUT2D eigenvalue weighted by atomic mass is 10.1. The molecule has 0 unspecified atom stereocenters. The molecule has 0 spiro atoms. The summed E-state index contributed by atoms with van der Waals surface area (Å²) >= 11 is 0. The summed E-state index contributed by atoms with van der Waals surface area (Å²) in [5.74, 6) is -1.04. The Morgan fingerprint density at radius 2 is 2.00 bits per heavy atom. The molecule has 3 aromatic rings. The highest BCUT2D eigenvalue weighted by atomic mass is 16.4. The van der Waals surface area contributed by atoms with E-state index in [2.05, 4.69) is 4.98 Å². The van der Waals surface area contributed by atoms with Crippen LogP contribution in [0.3, 0.4) is 0 Å². The first-order chi connectivity index (χ1) is 7.75. The smallest absolute Gasteiger partial charge is 0.354 e. The summed E-state index contributed by atoms with van der Waals surface area (Å²) in [6, 6.07) is 9.03. The fraction of sp³-hybridized carbons (Fsp3) is 0. The minimum Gasteiger partial charge on any atom is -0.477 e. The summed E-state index contributed by atoms with van der Waals surface area (Å²) in [6.45, 7) is 0. The molecule has 0 amide bonds. The van der Waals surface area contributed by atoms with Crippen molar-refractivity contribution >= 4 is 27.9 Å². The second kappa shape index (κ2) is 3.06. The van der Waals surface area contributed by atoms with Crippen LogP contribution in [0.4, 0.5) is 0 Å². The summed E-state index contributed by atoms with van der Waals surface area (Å²) in [5, 5.41) is 10.5. The minimum absolute atomic E-state index is 0.0269. The number of hydrogen-bond acceptors (Lipinski definition) is 3. The normalized spacial score (nSPS) is 11.0. The second-order valence-electron chi connectivity index (χ2n) is 3.47. The van der Waals surface area contributed by atoms with Crippen LogP contribution < -0.4 is 0 Å². The molecule has 0 aliphatic carbocycles. The number of fused-ring (bicyclic) bond motifs is 3. The number of carboxylic acids is 1. The van der Waals surface area contributed by atoms with Gasteiger partial charge in [-0.1, -0.05) is 18.2 Å². The highest BCUT2D eigenvalue weighted by Crippen LogP contribution is 2.28. The molecule has 78 valence electrons. The minimum atomic E-state index is -1.04. The van der Waals surface area contributed by atoms with E-state index in [0.29, 0.717) is 5.58 Å². The molecule has 4 heteroatoms. The van der Waals surface area contributed by atoms with Crippen LogP contribution in [0.5, 0.6) is 0 Å². The van der Waals surface area contributed by atoms with Crippen molar-refractivity contribution in [2.75, 3.05) is 0 Å². The number of rotatable bonds is 1. The molecule has 0 saturated heterocycles. The van der Waals surface area contributed by atoms with Crippen LogP contribution in [0, 0.1) is 0 Å². The van der Waals surface area contributed by atoms with Gasteiger partial charge in [-0.05, 0) is 12.1 Å². The number of benzene rings is 1. The number of carbonyl (C=O) groups is 1. The lowest BCUT2D eigenvalue weighted by molar-refractivity contribution is 0.0691. The van der Waals surface area contributed by atoms with E-state index in [0.717, 1.165) is 16.4 Å². The van der Waals surface area contributed by atoms with E-state index < -0.39 is 5.97 Å². The molecule has 0 fully saturated rings. The average molecular weight is 213 g/mol. The SMILES string of the molecule is O=C(O)c1cc2c(cn1)oc1ccccc12. The Labute approximate surface area is 90.1 Å². The van der Waals surface area contributed by atoms with Crippen LogP contribution in [0.2, 0.25) is 0 Å².